The first-order valence-corrected chi connectivity index (χ1v) is 9.61. The Labute approximate surface area is 137 Å². The van der Waals surface area contributed by atoms with Gasteiger partial charge in [-0.15, -0.1) is 0 Å². The van der Waals surface area contributed by atoms with E-state index in [1.807, 2.05) is 0 Å². The van der Waals surface area contributed by atoms with Crippen molar-refractivity contribution in [3.05, 3.63) is 0 Å². The number of carbonyl (C=O) groups excluding carboxylic acids is 2. The normalized spacial score (nSPS) is 11.9. The molecule has 0 saturated carbocycles. The van der Waals surface area contributed by atoms with Crippen LogP contribution in [0.3, 0.4) is 0 Å². The highest BCUT2D eigenvalue weighted by atomic mass is 28.4. The molecule has 8 nitrogen and oxygen atoms in total. The highest BCUT2D eigenvalue weighted by Crippen LogP contribution is 2.22. The van der Waals surface area contributed by atoms with E-state index in [9.17, 15) is 9.59 Å². The Kier molecular flexibility index (Phi) is 12.3. The zero-order valence-corrected chi connectivity index (χ0v) is 14.8. The summed E-state index contributed by atoms with van der Waals surface area (Å²) in [4.78, 5) is 22.9. The van der Waals surface area contributed by atoms with Gasteiger partial charge in [-0.05, 0) is 26.7 Å². The van der Waals surface area contributed by atoms with E-state index in [-0.39, 0.29) is 51.2 Å². The van der Waals surface area contributed by atoms with Gasteiger partial charge in [0.1, 0.15) is 11.6 Å². The van der Waals surface area contributed by atoms with Gasteiger partial charge in [0.05, 0.1) is 45.6 Å². The molecule has 136 valence electrons. The number of carbonyl (C=O) groups is 2. The predicted octanol–water partition coefficient (Wildman–Crippen LogP) is -0.474. The van der Waals surface area contributed by atoms with Crippen LogP contribution in [0.2, 0.25) is 6.04 Å². The quantitative estimate of drug-likeness (QED) is 0.267. The second kappa shape index (κ2) is 12.7. The van der Waals surface area contributed by atoms with E-state index >= 15 is 0 Å². The van der Waals surface area contributed by atoms with Crippen LogP contribution in [0.25, 0.3) is 0 Å². The van der Waals surface area contributed by atoms with Gasteiger partial charge in [0.25, 0.3) is 0 Å². The largest absolute Gasteiger partial charge is 0.501 e. The van der Waals surface area contributed by atoms with Crippen molar-refractivity contribution in [3.8, 4) is 0 Å². The van der Waals surface area contributed by atoms with E-state index in [0.717, 1.165) is 0 Å². The zero-order valence-electron chi connectivity index (χ0n) is 13.8. The highest BCUT2D eigenvalue weighted by molar-refractivity contribution is 6.60. The summed E-state index contributed by atoms with van der Waals surface area (Å²) in [6, 6.07) is 0.323. The van der Waals surface area contributed by atoms with Gasteiger partial charge < -0.3 is 28.6 Å². The molecule has 0 atom stereocenters. The lowest BCUT2D eigenvalue weighted by Gasteiger charge is -2.29. The summed E-state index contributed by atoms with van der Waals surface area (Å²) >= 11 is 0. The minimum atomic E-state index is -3.20. The molecular weight excluding hydrogens is 324 g/mol. The number of ketones is 2. The third-order valence-electron chi connectivity index (χ3n) is 3.20. The van der Waals surface area contributed by atoms with Gasteiger partial charge in [-0.2, -0.15) is 0 Å². The third-order valence-corrected chi connectivity index (χ3v) is 6.09. The van der Waals surface area contributed by atoms with Crippen molar-refractivity contribution in [2.24, 2.45) is 5.92 Å². The van der Waals surface area contributed by atoms with Crippen LogP contribution in [0.15, 0.2) is 0 Å². The molecule has 0 saturated heterocycles. The fraction of sp³-hybridized carbons (Fsp3) is 0.857. The van der Waals surface area contributed by atoms with E-state index in [0.29, 0.717) is 18.9 Å². The third kappa shape index (κ3) is 9.25. The van der Waals surface area contributed by atoms with Crippen molar-refractivity contribution in [2.75, 3.05) is 39.6 Å². The molecule has 0 heterocycles. The molecule has 0 amide bonds. The van der Waals surface area contributed by atoms with Crippen LogP contribution in [0, 0.1) is 5.92 Å². The van der Waals surface area contributed by atoms with Gasteiger partial charge in [0.2, 0.25) is 0 Å². The van der Waals surface area contributed by atoms with Gasteiger partial charge >= 0.3 is 8.80 Å². The average Bonchev–Trinajstić information content (AvgIpc) is 2.51. The first-order chi connectivity index (χ1) is 10.9. The van der Waals surface area contributed by atoms with E-state index < -0.39 is 14.7 Å². The number of rotatable bonds is 15. The molecule has 0 bridgehead atoms. The lowest BCUT2D eigenvalue weighted by Crippen LogP contribution is -2.47. The minimum absolute atomic E-state index is 0.00588. The molecule has 0 radical (unpaired) electrons. The SMILES string of the molecule is CC(=O)C(CCC[Si](OCCO)(OCCO)OCCO)C(C)=O. The first-order valence-electron chi connectivity index (χ1n) is 7.67. The molecule has 0 aromatic carbocycles. The summed E-state index contributed by atoms with van der Waals surface area (Å²) < 4.78 is 16.6. The van der Waals surface area contributed by atoms with Crippen LogP contribution in [0.1, 0.15) is 26.7 Å². The summed E-state index contributed by atoms with van der Waals surface area (Å²) in [5, 5.41) is 26.8. The lowest BCUT2D eigenvalue weighted by molar-refractivity contribution is -0.130. The van der Waals surface area contributed by atoms with Crippen molar-refractivity contribution < 1.29 is 38.2 Å². The monoisotopic (exact) mass is 352 g/mol. The summed E-state index contributed by atoms with van der Waals surface area (Å²) in [6.45, 7) is 2.12. The lowest BCUT2D eigenvalue weighted by atomic mass is 9.96. The van der Waals surface area contributed by atoms with Crippen LogP contribution in [0.4, 0.5) is 0 Å². The fourth-order valence-electron chi connectivity index (χ4n) is 2.16. The Hall–Kier alpha value is -0.683. The number of hydrogen-bond donors (Lipinski definition) is 3. The number of aliphatic hydroxyl groups is 3. The molecule has 0 unspecified atom stereocenters. The van der Waals surface area contributed by atoms with Crippen molar-refractivity contribution in [3.63, 3.8) is 0 Å². The maximum atomic E-state index is 11.5. The molecule has 0 aromatic rings. The van der Waals surface area contributed by atoms with Crippen LogP contribution >= 0.6 is 0 Å². The number of Topliss-reactive ketones (excluding diaryl/α,β-unsaturated/α-hetero) is 2. The molecule has 0 rings (SSSR count). The summed E-state index contributed by atoms with van der Waals surface area (Å²) in [5.41, 5.74) is 0. The van der Waals surface area contributed by atoms with E-state index in [2.05, 4.69) is 0 Å². The van der Waals surface area contributed by atoms with Gasteiger partial charge in [-0.1, -0.05) is 0 Å². The smallest absolute Gasteiger partial charge is 0.394 e. The second-order valence-electron chi connectivity index (χ2n) is 5.07. The zero-order chi connectivity index (χ0) is 17.7. The molecule has 0 aliphatic heterocycles. The molecule has 0 aromatic heterocycles. The first kappa shape index (κ1) is 22.3. The van der Waals surface area contributed by atoms with E-state index in [1.165, 1.54) is 13.8 Å². The maximum absolute atomic E-state index is 11.5. The van der Waals surface area contributed by atoms with E-state index in [1.54, 1.807) is 0 Å². The molecule has 3 N–H and O–H groups in total. The van der Waals surface area contributed by atoms with E-state index in [4.69, 9.17) is 28.6 Å². The Morgan fingerprint density at radius 2 is 1.26 bits per heavy atom. The van der Waals surface area contributed by atoms with Crippen molar-refractivity contribution in [1.29, 1.82) is 0 Å². The standard InChI is InChI=1S/C14H28O8Si/c1-12(18)14(13(2)19)4-3-11-23(20-8-5-15,21-9-6-16)22-10-7-17/h14-17H,3-11H2,1-2H3. The minimum Gasteiger partial charge on any atom is -0.394 e. The Morgan fingerprint density at radius 3 is 1.57 bits per heavy atom. The van der Waals surface area contributed by atoms with Crippen molar-refractivity contribution in [1.82, 2.24) is 0 Å². The molecule has 0 fully saturated rings. The van der Waals surface area contributed by atoms with Gasteiger partial charge in [0, 0.05) is 6.04 Å². The molecule has 0 spiro atoms. The molecular formula is C14H28O8Si. The Bertz CT molecular complexity index is 314. The summed E-state index contributed by atoms with van der Waals surface area (Å²) in [6.07, 6.45) is 0.811. The van der Waals surface area contributed by atoms with Crippen LogP contribution in [-0.2, 0) is 22.9 Å². The van der Waals surface area contributed by atoms with Crippen LogP contribution in [-0.4, -0.2) is 75.3 Å². The summed E-state index contributed by atoms with van der Waals surface area (Å²) in [5.74, 6) is -1.03. The van der Waals surface area contributed by atoms with Gasteiger partial charge in [0.15, 0.2) is 0 Å². The second-order valence-corrected chi connectivity index (χ2v) is 7.80. The molecule has 23 heavy (non-hydrogen) atoms. The van der Waals surface area contributed by atoms with Crippen LogP contribution in [0.5, 0.6) is 0 Å². The van der Waals surface area contributed by atoms with Gasteiger partial charge in [-0.25, -0.2) is 0 Å². The molecule has 9 heteroatoms. The fourth-order valence-corrected chi connectivity index (χ4v) is 4.69. The van der Waals surface area contributed by atoms with Crippen molar-refractivity contribution >= 4 is 20.4 Å². The summed E-state index contributed by atoms with van der Waals surface area (Å²) in [7, 11) is -3.20. The maximum Gasteiger partial charge on any atom is 0.501 e. The molecule has 0 aliphatic rings. The van der Waals surface area contributed by atoms with Crippen LogP contribution < -0.4 is 0 Å². The van der Waals surface area contributed by atoms with Gasteiger partial charge in [-0.3, -0.25) is 9.59 Å². The Balaban J connectivity index is 4.80. The number of aliphatic hydroxyl groups excluding tert-OH is 3. The highest BCUT2D eigenvalue weighted by Gasteiger charge is 2.41. The predicted molar refractivity (Wildman–Crippen MR) is 83.8 cm³/mol. The Morgan fingerprint density at radius 1 is 0.870 bits per heavy atom. The number of hydrogen-bond acceptors (Lipinski definition) is 8. The van der Waals surface area contributed by atoms with Crippen molar-refractivity contribution in [2.45, 2.75) is 32.7 Å². The topological polar surface area (TPSA) is 123 Å². The average molecular weight is 352 g/mol. The molecule has 0 aliphatic carbocycles.